The summed E-state index contributed by atoms with van der Waals surface area (Å²) in [5, 5.41) is -0.255. The van der Waals surface area contributed by atoms with Gasteiger partial charge in [-0.15, -0.1) is 0 Å². The summed E-state index contributed by atoms with van der Waals surface area (Å²) in [6.45, 7) is 0.266. The lowest BCUT2D eigenvalue weighted by Gasteiger charge is -2.22. The number of rotatable bonds is 3. The number of nitrogens with zero attached hydrogens (tertiary/aromatic N) is 1. The third-order valence-electron chi connectivity index (χ3n) is 2.50. The van der Waals surface area contributed by atoms with E-state index in [9.17, 15) is 13.6 Å². The number of carbonyl (C=O) groups is 1. The van der Waals surface area contributed by atoms with Gasteiger partial charge in [0.1, 0.15) is 6.04 Å². The number of hydrogen-bond acceptors (Lipinski definition) is 2. The highest BCUT2D eigenvalue weighted by atomic mass is 32.2. The van der Waals surface area contributed by atoms with Gasteiger partial charge in [-0.25, -0.2) is 8.78 Å². The molecule has 1 heterocycles. The molecule has 0 N–H and O–H groups in total. The number of hydrogen-bond donors (Lipinski definition) is 0. The zero-order chi connectivity index (χ0) is 11.5. The van der Waals surface area contributed by atoms with Crippen LogP contribution < -0.4 is 0 Å². The van der Waals surface area contributed by atoms with Gasteiger partial charge in [0, 0.05) is 12.3 Å². The van der Waals surface area contributed by atoms with Crippen molar-refractivity contribution in [2.24, 2.45) is 0 Å². The maximum absolute atomic E-state index is 12.7. The van der Waals surface area contributed by atoms with Crippen molar-refractivity contribution in [1.29, 1.82) is 0 Å². The van der Waals surface area contributed by atoms with Gasteiger partial charge < -0.3 is 4.90 Å². The first-order valence-corrected chi connectivity index (χ1v) is 5.92. The predicted octanol–water partition coefficient (Wildman–Crippen LogP) is 2.99. The number of amides is 1. The summed E-state index contributed by atoms with van der Waals surface area (Å²) in [5.74, 6) is 0.184. The molecule has 1 aromatic carbocycles. The summed E-state index contributed by atoms with van der Waals surface area (Å²) >= 11 is 0.968. The highest BCUT2D eigenvalue weighted by molar-refractivity contribution is 8.13. The Kier molecular flexibility index (Phi) is 3.43. The Morgan fingerprint density at radius 3 is 2.69 bits per heavy atom. The topological polar surface area (TPSA) is 20.3 Å². The lowest BCUT2D eigenvalue weighted by Crippen LogP contribution is -2.37. The van der Waals surface area contributed by atoms with E-state index in [4.69, 9.17) is 0 Å². The molecular formula is C11H11F2NOS. The Morgan fingerprint density at radius 2 is 2.06 bits per heavy atom. The summed E-state index contributed by atoms with van der Waals surface area (Å²) in [4.78, 5) is 12.7. The molecule has 0 radical (unpaired) electrons. The lowest BCUT2D eigenvalue weighted by molar-refractivity contribution is 0.0606. The van der Waals surface area contributed by atoms with Gasteiger partial charge in [-0.1, -0.05) is 42.1 Å². The predicted molar refractivity (Wildman–Crippen MR) is 59.6 cm³/mol. The fourth-order valence-corrected chi connectivity index (χ4v) is 2.64. The zero-order valence-corrected chi connectivity index (χ0v) is 9.29. The molecule has 1 fully saturated rings. The minimum absolute atomic E-state index is 0.184. The van der Waals surface area contributed by atoms with Crippen molar-refractivity contribution in [2.45, 2.75) is 19.0 Å². The van der Waals surface area contributed by atoms with Gasteiger partial charge in [-0.2, -0.15) is 0 Å². The van der Waals surface area contributed by atoms with E-state index in [0.717, 1.165) is 17.3 Å². The Morgan fingerprint density at radius 1 is 1.38 bits per heavy atom. The van der Waals surface area contributed by atoms with Crippen LogP contribution in [0.15, 0.2) is 30.3 Å². The van der Waals surface area contributed by atoms with Gasteiger partial charge >= 0.3 is 0 Å². The van der Waals surface area contributed by atoms with E-state index in [1.54, 1.807) is 0 Å². The molecule has 86 valence electrons. The number of benzene rings is 1. The van der Waals surface area contributed by atoms with Crippen LogP contribution in [0.25, 0.3) is 0 Å². The van der Waals surface area contributed by atoms with Crippen LogP contribution in [0.3, 0.4) is 0 Å². The second-order valence-electron chi connectivity index (χ2n) is 3.59. The number of alkyl halides is 2. The molecular weight excluding hydrogens is 232 g/mol. The van der Waals surface area contributed by atoms with Crippen molar-refractivity contribution >= 4 is 17.0 Å². The van der Waals surface area contributed by atoms with Crippen LogP contribution >= 0.6 is 11.8 Å². The largest absolute Gasteiger partial charge is 0.320 e. The molecule has 0 aliphatic carbocycles. The SMILES string of the molecule is O=C1SCC(C(F)F)N1Cc1ccccc1. The van der Waals surface area contributed by atoms with Gasteiger partial charge in [-0.05, 0) is 5.56 Å². The van der Waals surface area contributed by atoms with Gasteiger partial charge in [0.2, 0.25) is 0 Å². The van der Waals surface area contributed by atoms with Crippen LogP contribution in [0.5, 0.6) is 0 Å². The van der Waals surface area contributed by atoms with Crippen LogP contribution in [0.4, 0.5) is 13.6 Å². The van der Waals surface area contributed by atoms with Crippen molar-refractivity contribution < 1.29 is 13.6 Å². The van der Waals surface area contributed by atoms with E-state index >= 15 is 0 Å². The Bertz CT molecular complexity index is 372. The van der Waals surface area contributed by atoms with Crippen LogP contribution in [-0.4, -0.2) is 28.4 Å². The second-order valence-corrected chi connectivity index (χ2v) is 4.56. The molecule has 1 saturated heterocycles. The number of thioether (sulfide) groups is 1. The normalized spacial score (nSPS) is 20.8. The van der Waals surface area contributed by atoms with E-state index in [1.807, 2.05) is 30.3 Å². The van der Waals surface area contributed by atoms with Gasteiger partial charge in [0.05, 0.1) is 0 Å². The standard InChI is InChI=1S/C11H11F2NOS/c12-10(13)9-7-16-11(15)14(9)6-8-4-2-1-3-5-8/h1-5,9-10H,6-7H2. The third-order valence-corrected chi connectivity index (χ3v) is 3.49. The zero-order valence-electron chi connectivity index (χ0n) is 8.48. The molecule has 1 aromatic rings. The van der Waals surface area contributed by atoms with Gasteiger partial charge in [0.25, 0.3) is 11.7 Å². The minimum atomic E-state index is -2.47. The third kappa shape index (κ3) is 2.35. The van der Waals surface area contributed by atoms with E-state index in [0.29, 0.717) is 0 Å². The molecule has 16 heavy (non-hydrogen) atoms. The average Bonchev–Trinajstić information content (AvgIpc) is 2.62. The van der Waals surface area contributed by atoms with Crippen molar-refractivity contribution in [1.82, 2.24) is 4.90 Å². The van der Waals surface area contributed by atoms with Crippen LogP contribution in [-0.2, 0) is 6.54 Å². The molecule has 1 aliphatic rings. The average molecular weight is 243 g/mol. The molecule has 0 saturated carbocycles. The number of carbonyl (C=O) groups excluding carboxylic acids is 1. The summed E-state index contributed by atoms with van der Waals surface area (Å²) in [6.07, 6.45) is -2.47. The molecule has 1 aliphatic heterocycles. The lowest BCUT2D eigenvalue weighted by atomic mass is 10.2. The second kappa shape index (κ2) is 4.82. The Hall–Kier alpha value is -1.10. The molecule has 1 atom stereocenters. The van der Waals surface area contributed by atoms with E-state index < -0.39 is 12.5 Å². The molecule has 0 aromatic heterocycles. The first kappa shape index (κ1) is 11.4. The summed E-state index contributed by atoms with van der Waals surface area (Å²) in [5.41, 5.74) is 0.879. The highest BCUT2D eigenvalue weighted by Gasteiger charge is 2.37. The van der Waals surface area contributed by atoms with Crippen LogP contribution in [0, 0.1) is 0 Å². The van der Waals surface area contributed by atoms with Gasteiger partial charge in [-0.3, -0.25) is 4.79 Å². The summed E-state index contributed by atoms with van der Waals surface area (Å²) in [7, 11) is 0. The molecule has 2 rings (SSSR count). The van der Waals surface area contributed by atoms with Crippen molar-refractivity contribution in [3.05, 3.63) is 35.9 Å². The fourth-order valence-electron chi connectivity index (χ4n) is 1.64. The van der Waals surface area contributed by atoms with Crippen molar-refractivity contribution in [3.63, 3.8) is 0 Å². The minimum Gasteiger partial charge on any atom is -0.320 e. The monoisotopic (exact) mass is 243 g/mol. The molecule has 0 spiro atoms. The summed E-state index contributed by atoms with van der Waals surface area (Å²) in [6, 6.07) is 8.24. The summed E-state index contributed by atoms with van der Waals surface area (Å²) < 4.78 is 25.3. The smallest absolute Gasteiger partial charge is 0.282 e. The molecule has 0 bridgehead atoms. The first-order chi connectivity index (χ1) is 7.68. The number of halogens is 2. The highest BCUT2D eigenvalue weighted by Crippen LogP contribution is 2.29. The maximum Gasteiger partial charge on any atom is 0.282 e. The quantitative estimate of drug-likeness (QED) is 0.813. The van der Waals surface area contributed by atoms with E-state index in [1.165, 1.54) is 4.90 Å². The maximum atomic E-state index is 12.7. The van der Waals surface area contributed by atoms with Crippen LogP contribution in [0.2, 0.25) is 0 Å². The van der Waals surface area contributed by atoms with Gasteiger partial charge in [0.15, 0.2) is 0 Å². The van der Waals surface area contributed by atoms with Crippen molar-refractivity contribution in [3.8, 4) is 0 Å². The van der Waals surface area contributed by atoms with Crippen LogP contribution in [0.1, 0.15) is 5.56 Å². The Balaban J connectivity index is 2.10. The molecule has 1 unspecified atom stereocenters. The van der Waals surface area contributed by atoms with E-state index in [2.05, 4.69) is 0 Å². The molecule has 2 nitrogen and oxygen atoms in total. The first-order valence-electron chi connectivity index (χ1n) is 4.94. The fraction of sp³-hybridized carbons (Fsp3) is 0.364. The Labute approximate surface area is 96.6 Å². The van der Waals surface area contributed by atoms with Crippen molar-refractivity contribution in [2.75, 3.05) is 5.75 Å². The molecule has 1 amide bonds. The molecule has 5 heteroatoms. The van der Waals surface area contributed by atoms with E-state index in [-0.39, 0.29) is 17.5 Å².